The van der Waals surface area contributed by atoms with E-state index in [9.17, 15) is 9.59 Å². The number of amides is 2. The van der Waals surface area contributed by atoms with E-state index in [2.05, 4.69) is 17.2 Å². The van der Waals surface area contributed by atoms with Crippen molar-refractivity contribution in [2.45, 2.75) is 32.7 Å². The number of esters is 1. The van der Waals surface area contributed by atoms with Crippen LogP contribution in [0.25, 0.3) is 0 Å². The summed E-state index contributed by atoms with van der Waals surface area (Å²) in [5, 5.41) is 5.36. The second kappa shape index (κ2) is 8.38. The molecule has 0 saturated carbocycles. The molecule has 2 N–H and O–H groups in total. The summed E-state index contributed by atoms with van der Waals surface area (Å²) in [4.78, 5) is 24.4. The summed E-state index contributed by atoms with van der Waals surface area (Å²) in [6.45, 7) is 8.66. The van der Waals surface area contributed by atoms with Crippen molar-refractivity contribution in [2.75, 3.05) is 13.2 Å². The zero-order valence-corrected chi connectivity index (χ0v) is 14.1. The Bertz CT molecular complexity index is 615. The Kier molecular flexibility index (Phi) is 6.23. The minimum absolute atomic E-state index is 0.329. The number of para-hydroxylation sites is 1. The van der Waals surface area contributed by atoms with E-state index in [1.807, 2.05) is 38.1 Å². The number of hydrogen-bond acceptors (Lipinski definition) is 4. The highest BCUT2D eigenvalue weighted by Gasteiger charge is 2.40. The monoisotopic (exact) mass is 332 g/mol. The van der Waals surface area contributed by atoms with Gasteiger partial charge >= 0.3 is 12.0 Å². The van der Waals surface area contributed by atoms with Gasteiger partial charge in [-0.3, -0.25) is 4.79 Å². The van der Waals surface area contributed by atoms with Crippen LogP contribution in [0.5, 0.6) is 5.75 Å². The molecule has 2 atom stereocenters. The van der Waals surface area contributed by atoms with Crippen LogP contribution in [0.15, 0.2) is 36.5 Å². The third-order valence-electron chi connectivity index (χ3n) is 3.69. The van der Waals surface area contributed by atoms with E-state index in [1.165, 1.54) is 0 Å². The van der Waals surface area contributed by atoms with Gasteiger partial charge in [0.15, 0.2) is 0 Å². The lowest BCUT2D eigenvalue weighted by Gasteiger charge is -2.34. The Morgan fingerprint density at radius 3 is 2.62 bits per heavy atom. The molecule has 0 aromatic heterocycles. The molecule has 2 rings (SSSR count). The zero-order valence-electron chi connectivity index (χ0n) is 14.1. The Labute approximate surface area is 142 Å². The summed E-state index contributed by atoms with van der Waals surface area (Å²) in [6.07, 6.45) is 1.59. The molecular formula is C18H24N2O4. The van der Waals surface area contributed by atoms with Crippen molar-refractivity contribution in [3.63, 3.8) is 0 Å². The molecule has 0 bridgehead atoms. The lowest BCUT2D eigenvalue weighted by molar-refractivity contribution is -0.148. The maximum absolute atomic E-state index is 12.5. The normalized spacial score (nSPS) is 20.1. The van der Waals surface area contributed by atoms with Crippen LogP contribution in [-0.4, -0.2) is 25.2 Å². The topological polar surface area (TPSA) is 76.7 Å². The quantitative estimate of drug-likeness (QED) is 0.753. The first-order chi connectivity index (χ1) is 11.6. The van der Waals surface area contributed by atoms with Gasteiger partial charge in [-0.05, 0) is 18.9 Å². The van der Waals surface area contributed by atoms with E-state index >= 15 is 0 Å². The number of carbonyl (C=O) groups excluding carboxylic acids is 2. The molecule has 6 nitrogen and oxygen atoms in total. The fourth-order valence-corrected chi connectivity index (χ4v) is 2.59. The minimum Gasteiger partial charge on any atom is -0.493 e. The SMILES string of the molecule is C=C1NC(=O)N[C@H](c2ccccc2OCCC)[C@@H]1C(=O)OCCC. The van der Waals surface area contributed by atoms with Gasteiger partial charge in [0.1, 0.15) is 11.7 Å². The summed E-state index contributed by atoms with van der Waals surface area (Å²) in [6, 6.07) is 6.40. The van der Waals surface area contributed by atoms with Crippen LogP contribution < -0.4 is 15.4 Å². The lowest BCUT2D eigenvalue weighted by Crippen LogP contribution is -2.51. The summed E-state index contributed by atoms with van der Waals surface area (Å²) < 4.78 is 11.0. The fourth-order valence-electron chi connectivity index (χ4n) is 2.59. The van der Waals surface area contributed by atoms with Crippen LogP contribution in [-0.2, 0) is 9.53 Å². The van der Waals surface area contributed by atoms with Gasteiger partial charge in [0.25, 0.3) is 0 Å². The molecule has 0 spiro atoms. The number of hydrogen-bond donors (Lipinski definition) is 2. The highest BCUT2D eigenvalue weighted by atomic mass is 16.5. The molecule has 0 unspecified atom stereocenters. The fraction of sp³-hybridized carbons (Fsp3) is 0.444. The predicted octanol–water partition coefficient (Wildman–Crippen LogP) is 2.91. The van der Waals surface area contributed by atoms with Gasteiger partial charge in [0, 0.05) is 11.3 Å². The zero-order chi connectivity index (χ0) is 17.5. The number of ether oxygens (including phenoxy) is 2. The molecule has 1 aliphatic rings. The van der Waals surface area contributed by atoms with Gasteiger partial charge in [-0.1, -0.05) is 38.6 Å². The van der Waals surface area contributed by atoms with Crippen molar-refractivity contribution in [1.82, 2.24) is 10.6 Å². The maximum atomic E-state index is 12.5. The maximum Gasteiger partial charge on any atom is 0.319 e. The van der Waals surface area contributed by atoms with E-state index in [0.29, 0.717) is 24.7 Å². The van der Waals surface area contributed by atoms with Crippen LogP contribution in [0.4, 0.5) is 4.79 Å². The van der Waals surface area contributed by atoms with Crippen LogP contribution >= 0.6 is 0 Å². The number of nitrogens with one attached hydrogen (secondary N) is 2. The lowest BCUT2D eigenvalue weighted by atomic mass is 9.88. The van der Waals surface area contributed by atoms with E-state index in [1.54, 1.807) is 0 Å². The van der Waals surface area contributed by atoms with E-state index in [-0.39, 0.29) is 0 Å². The molecule has 2 amide bonds. The standard InChI is InChI=1S/C18H24N2O4/c1-4-10-23-14-9-7-6-8-13(14)16-15(17(21)24-11-5-2)12(3)19-18(22)20-16/h6-9,15-16H,3-5,10-11H2,1-2H3,(H2,19,20,22)/t15-,16-/m1/s1. The summed E-state index contributed by atoms with van der Waals surface area (Å²) >= 11 is 0. The van der Waals surface area contributed by atoms with Crippen LogP contribution in [0.2, 0.25) is 0 Å². The highest BCUT2D eigenvalue weighted by Crippen LogP contribution is 2.35. The molecule has 0 radical (unpaired) electrons. The molecular weight excluding hydrogens is 308 g/mol. The number of carbonyl (C=O) groups is 2. The molecule has 6 heteroatoms. The summed E-state index contributed by atoms with van der Waals surface area (Å²) in [5.41, 5.74) is 1.07. The van der Waals surface area contributed by atoms with Crippen molar-refractivity contribution < 1.29 is 19.1 Å². The number of rotatable bonds is 7. The summed E-state index contributed by atoms with van der Waals surface area (Å²) in [5.74, 6) is -0.474. The predicted molar refractivity (Wildman–Crippen MR) is 90.5 cm³/mol. The second-order valence-corrected chi connectivity index (χ2v) is 5.63. The Morgan fingerprint density at radius 1 is 1.21 bits per heavy atom. The van der Waals surface area contributed by atoms with Crippen molar-refractivity contribution in [2.24, 2.45) is 5.92 Å². The van der Waals surface area contributed by atoms with Gasteiger partial charge in [-0.25, -0.2) is 4.79 Å². The minimum atomic E-state index is -0.708. The molecule has 1 heterocycles. The summed E-state index contributed by atoms with van der Waals surface area (Å²) in [7, 11) is 0. The molecule has 130 valence electrons. The van der Waals surface area contributed by atoms with Crippen LogP contribution in [0.3, 0.4) is 0 Å². The van der Waals surface area contributed by atoms with Crippen LogP contribution in [0.1, 0.15) is 38.3 Å². The van der Waals surface area contributed by atoms with Gasteiger partial charge in [0.05, 0.1) is 19.3 Å². The van der Waals surface area contributed by atoms with Crippen molar-refractivity contribution >= 4 is 12.0 Å². The first-order valence-corrected chi connectivity index (χ1v) is 8.23. The van der Waals surface area contributed by atoms with Gasteiger partial charge < -0.3 is 20.1 Å². The third kappa shape index (κ3) is 4.07. The molecule has 1 aromatic carbocycles. The van der Waals surface area contributed by atoms with Gasteiger partial charge in [-0.2, -0.15) is 0 Å². The highest BCUT2D eigenvalue weighted by molar-refractivity contribution is 5.85. The number of benzene rings is 1. The molecule has 1 aromatic rings. The molecule has 0 aliphatic carbocycles. The van der Waals surface area contributed by atoms with E-state index < -0.39 is 24.0 Å². The first kappa shape index (κ1) is 17.8. The second-order valence-electron chi connectivity index (χ2n) is 5.63. The molecule has 24 heavy (non-hydrogen) atoms. The molecule has 1 aliphatic heterocycles. The Hall–Kier alpha value is -2.50. The third-order valence-corrected chi connectivity index (χ3v) is 3.69. The van der Waals surface area contributed by atoms with Gasteiger partial charge in [0.2, 0.25) is 0 Å². The van der Waals surface area contributed by atoms with E-state index in [0.717, 1.165) is 18.4 Å². The van der Waals surface area contributed by atoms with Gasteiger partial charge in [-0.15, -0.1) is 0 Å². The Morgan fingerprint density at radius 2 is 1.92 bits per heavy atom. The number of urea groups is 1. The average molecular weight is 332 g/mol. The smallest absolute Gasteiger partial charge is 0.319 e. The molecule has 1 saturated heterocycles. The van der Waals surface area contributed by atoms with Crippen molar-refractivity contribution in [1.29, 1.82) is 0 Å². The average Bonchev–Trinajstić information content (AvgIpc) is 2.57. The van der Waals surface area contributed by atoms with Crippen molar-refractivity contribution in [3.05, 3.63) is 42.1 Å². The molecule has 1 fully saturated rings. The largest absolute Gasteiger partial charge is 0.493 e. The van der Waals surface area contributed by atoms with Crippen LogP contribution in [0, 0.1) is 5.92 Å². The van der Waals surface area contributed by atoms with E-state index in [4.69, 9.17) is 9.47 Å². The van der Waals surface area contributed by atoms with Crippen molar-refractivity contribution in [3.8, 4) is 5.75 Å². The first-order valence-electron chi connectivity index (χ1n) is 8.23. The Balaban J connectivity index is 2.34.